The molecule has 0 amide bonds. The maximum Gasteiger partial charge on any atom is 0.218 e. The number of hydrogen-bond acceptors (Lipinski definition) is 23. The van der Waals surface area contributed by atoms with E-state index in [1.54, 1.807) is 0 Å². The summed E-state index contributed by atoms with van der Waals surface area (Å²) in [6, 6.07) is 0. The fourth-order valence-corrected chi connectivity index (χ4v) is 10.1. The van der Waals surface area contributed by atoms with Crippen molar-refractivity contribution in [2.45, 2.75) is 223 Å². The van der Waals surface area contributed by atoms with E-state index in [1.807, 2.05) is 0 Å². The number of aliphatic hydroxyl groups is 17. The second kappa shape index (κ2) is 41.0. The van der Waals surface area contributed by atoms with E-state index >= 15 is 0 Å². The maximum absolute atomic E-state index is 11.5. The first-order valence-electron chi connectivity index (χ1n) is 28.5. The first-order valence-corrected chi connectivity index (χ1v) is 28.5. The predicted molar refractivity (Wildman–Crippen MR) is 285 cm³/mol. The number of ether oxygens (including phenoxy) is 6. The molecule has 2 aliphatic rings. The smallest absolute Gasteiger partial charge is 0.218 e. The Morgan fingerprint density at radius 1 is 0.423 bits per heavy atom. The second-order valence-electron chi connectivity index (χ2n) is 20.6. The molecule has 2 rings (SSSR count). The third-order valence-electron chi connectivity index (χ3n) is 14.6. The van der Waals surface area contributed by atoms with E-state index in [0.717, 1.165) is 57.4 Å². The zero-order valence-corrected chi connectivity index (χ0v) is 46.1. The lowest BCUT2D eigenvalue weighted by Crippen LogP contribution is -2.50. The molecule has 78 heavy (non-hydrogen) atoms. The van der Waals surface area contributed by atoms with Gasteiger partial charge in [0, 0.05) is 65.3 Å². The molecule has 0 saturated heterocycles. The average Bonchev–Trinajstić information content (AvgIpc) is 3.96. The molecule has 0 heterocycles. The van der Waals surface area contributed by atoms with Crippen LogP contribution in [0.1, 0.15) is 162 Å². The van der Waals surface area contributed by atoms with Gasteiger partial charge in [-0.05, 0) is 49.0 Å². The van der Waals surface area contributed by atoms with E-state index in [1.165, 1.54) is 64.2 Å². The number of hydrogen-bond donors (Lipinski definition) is 17. The molecular weight excluding hydrogens is 1030 g/mol. The first-order chi connectivity index (χ1) is 37.4. The highest BCUT2D eigenvalue weighted by atomic mass is 16.7. The third-order valence-corrected chi connectivity index (χ3v) is 14.6. The summed E-state index contributed by atoms with van der Waals surface area (Å²) in [5, 5.41) is 176. The van der Waals surface area contributed by atoms with Gasteiger partial charge in [0.05, 0.1) is 31.5 Å². The van der Waals surface area contributed by atoms with Crippen LogP contribution in [-0.4, -0.2) is 201 Å². The Morgan fingerprint density at radius 3 is 1.21 bits per heavy atom. The van der Waals surface area contributed by atoms with Crippen molar-refractivity contribution in [1.82, 2.24) is 0 Å². The van der Waals surface area contributed by atoms with Gasteiger partial charge in [0.1, 0.15) is 24.1 Å². The molecule has 2 aliphatic carbocycles. The predicted octanol–water partition coefficient (Wildman–Crippen LogP) is 5.45. The van der Waals surface area contributed by atoms with Crippen molar-refractivity contribution in [2.24, 2.45) is 23.7 Å². The van der Waals surface area contributed by atoms with Crippen molar-refractivity contribution in [3.63, 3.8) is 0 Å². The maximum atomic E-state index is 11.5. The highest BCUT2D eigenvalue weighted by Crippen LogP contribution is 2.55. The van der Waals surface area contributed by atoms with Gasteiger partial charge in [-0.2, -0.15) is 0 Å². The molecule has 0 aromatic rings. The van der Waals surface area contributed by atoms with Crippen LogP contribution in [-0.2, 0) is 28.4 Å². The molecule has 0 radical (unpaired) electrons. The van der Waals surface area contributed by atoms with Crippen molar-refractivity contribution in [3.8, 4) is 0 Å². The van der Waals surface area contributed by atoms with Crippen LogP contribution < -0.4 is 0 Å². The molecule has 0 spiro atoms. The molecule has 23 nitrogen and oxygen atoms in total. The summed E-state index contributed by atoms with van der Waals surface area (Å²) >= 11 is 0. The van der Waals surface area contributed by atoms with Gasteiger partial charge in [-0.3, -0.25) is 0 Å². The highest BCUT2D eigenvalue weighted by molar-refractivity contribution is 5.13. The van der Waals surface area contributed by atoms with Gasteiger partial charge in [-0.25, -0.2) is 0 Å². The molecule has 2 fully saturated rings. The molecule has 2 bridgehead atoms. The van der Waals surface area contributed by atoms with E-state index < -0.39 is 160 Å². The quantitative estimate of drug-likeness (QED) is 0.0204. The standard InChI is InChI=1S/C55H100O23/c1-3-5-7-9-11-13-15-17-19-29-73-33-38-36-32-37(39(38)34-74-30-20-18-16-14-12-10-8-6-4-2)51(78-55(72)49(68)46(65)43(24-28-59)76-54(71)48(67)45(64)41(61)23-27-58)50(36)77-52(69)42(62)31-35(21-25-56)75-53(70)47(66)44(63)40(60)22-26-57/h31,35-41,43,50-72H,3-30,32-34H2,1-2H3/b42-31+,47-44+,48-45+,49-46-/t35-,36?,37?,38?,39?,40-,41-,43-,50?,51?,52+,53-,54-,55+/m1/s1. The Kier molecular flexibility index (Phi) is 37.3. The Morgan fingerprint density at radius 2 is 0.795 bits per heavy atom. The zero-order chi connectivity index (χ0) is 58.0. The number of fused-ring (bicyclic) bond motifs is 2. The van der Waals surface area contributed by atoms with Crippen LogP contribution in [0.5, 0.6) is 0 Å². The fraction of sp³-hybridized carbons (Fsp3) is 0.855. The van der Waals surface area contributed by atoms with Crippen molar-refractivity contribution in [2.75, 3.05) is 52.9 Å². The Hall–Kier alpha value is -3.08. The van der Waals surface area contributed by atoms with Crippen LogP contribution >= 0.6 is 0 Å². The molecule has 6 unspecified atom stereocenters. The first kappa shape index (κ1) is 71.0. The molecule has 23 heteroatoms. The molecule has 17 N–H and O–H groups in total. The zero-order valence-electron chi connectivity index (χ0n) is 46.1. The third kappa shape index (κ3) is 25.0. The van der Waals surface area contributed by atoms with Gasteiger partial charge in [0.15, 0.2) is 34.6 Å². The van der Waals surface area contributed by atoms with Crippen LogP contribution in [0.3, 0.4) is 0 Å². The Bertz CT molecular complexity index is 1700. The normalized spacial score (nSPS) is 23.8. The fourth-order valence-electron chi connectivity index (χ4n) is 10.1. The summed E-state index contributed by atoms with van der Waals surface area (Å²) in [5.74, 6) is -9.85. The van der Waals surface area contributed by atoms with Crippen LogP contribution in [0.25, 0.3) is 0 Å². The lowest BCUT2D eigenvalue weighted by molar-refractivity contribution is -0.235. The lowest BCUT2D eigenvalue weighted by Gasteiger charge is -2.41. The largest absolute Gasteiger partial charge is 0.507 e. The number of unbranched alkanes of at least 4 members (excludes halogenated alkanes) is 16. The van der Waals surface area contributed by atoms with Crippen LogP contribution in [0.4, 0.5) is 0 Å². The van der Waals surface area contributed by atoms with Gasteiger partial charge in [0.2, 0.25) is 25.2 Å². The van der Waals surface area contributed by atoms with E-state index in [-0.39, 0.29) is 31.5 Å². The molecule has 14 atom stereocenters. The van der Waals surface area contributed by atoms with Gasteiger partial charge >= 0.3 is 0 Å². The summed E-state index contributed by atoms with van der Waals surface area (Å²) in [7, 11) is 0. The highest BCUT2D eigenvalue weighted by Gasteiger charge is 2.60. The second-order valence-corrected chi connectivity index (χ2v) is 20.6. The minimum Gasteiger partial charge on any atom is -0.507 e. The molecular formula is C55H100O23. The van der Waals surface area contributed by atoms with Gasteiger partial charge in [-0.1, -0.05) is 117 Å². The van der Waals surface area contributed by atoms with E-state index in [2.05, 4.69) is 13.8 Å². The van der Waals surface area contributed by atoms with Crippen LogP contribution in [0.15, 0.2) is 46.4 Å². The summed E-state index contributed by atoms with van der Waals surface area (Å²) in [5.41, 5.74) is 0. The topological polar surface area (TPSA) is 399 Å². The van der Waals surface area contributed by atoms with Crippen molar-refractivity contribution >= 4 is 0 Å². The van der Waals surface area contributed by atoms with Crippen molar-refractivity contribution in [3.05, 3.63) is 46.4 Å². The number of rotatable bonds is 48. The van der Waals surface area contributed by atoms with Crippen molar-refractivity contribution < 1.29 is 115 Å². The molecule has 0 aromatic heterocycles. The van der Waals surface area contributed by atoms with Gasteiger partial charge in [0.25, 0.3) is 0 Å². The average molecular weight is 1130 g/mol. The molecule has 0 aromatic carbocycles. The summed E-state index contributed by atoms with van der Waals surface area (Å²) in [6.45, 7) is 3.23. The van der Waals surface area contributed by atoms with E-state index in [4.69, 9.17) is 38.6 Å². The minimum atomic E-state index is -2.46. The minimum absolute atomic E-state index is 0.227. The molecule has 458 valence electrons. The summed E-state index contributed by atoms with van der Waals surface area (Å²) < 4.78 is 35.4. The van der Waals surface area contributed by atoms with Crippen LogP contribution in [0.2, 0.25) is 0 Å². The van der Waals surface area contributed by atoms with Crippen LogP contribution in [0, 0.1) is 23.7 Å². The van der Waals surface area contributed by atoms with Gasteiger partial charge in [-0.15, -0.1) is 0 Å². The molecule has 0 aliphatic heterocycles. The number of aliphatic hydroxyl groups excluding tert-OH is 17. The monoisotopic (exact) mass is 1130 g/mol. The van der Waals surface area contributed by atoms with Gasteiger partial charge < -0.3 is 115 Å². The SMILES string of the molecule is CCCCCCCCCCCOCC1C(COCCCCCCCCCCC)C2CC1C(O[C@H](O)/C(O)=C(/O)[C@@H](CCO)O[C@@H](O)/C(O)=C(\O)[C@H](O)CCO)C2O[C@H](O)/C(O)=C\[C@@H](CCO)O[C@@H](O)/C(O)=C(\O)[C@H](O)CCO. The Balaban J connectivity index is 2.51. The lowest BCUT2D eigenvalue weighted by atomic mass is 9.77. The summed E-state index contributed by atoms with van der Waals surface area (Å²) in [4.78, 5) is 0. The van der Waals surface area contributed by atoms with E-state index in [0.29, 0.717) is 19.6 Å². The molecule has 2 saturated carbocycles. The van der Waals surface area contributed by atoms with Crippen molar-refractivity contribution in [1.29, 1.82) is 0 Å². The Labute approximate surface area is 460 Å². The summed E-state index contributed by atoms with van der Waals surface area (Å²) in [6.07, 6.45) is 0.810. The van der Waals surface area contributed by atoms with E-state index in [9.17, 15) is 76.6 Å².